The first-order valence-electron chi connectivity index (χ1n) is 5.44. The molecule has 0 unspecified atom stereocenters. The molecule has 0 fully saturated rings. The fourth-order valence-electron chi connectivity index (χ4n) is 1.48. The third-order valence-corrected chi connectivity index (χ3v) is 2.38. The van der Waals surface area contributed by atoms with Gasteiger partial charge in [0.2, 0.25) is 0 Å². The van der Waals surface area contributed by atoms with E-state index in [2.05, 4.69) is 10.1 Å². The highest BCUT2D eigenvalue weighted by molar-refractivity contribution is 5.19. The van der Waals surface area contributed by atoms with Crippen molar-refractivity contribution in [3.8, 4) is 5.75 Å². The zero-order valence-electron chi connectivity index (χ0n) is 9.71. The predicted molar refractivity (Wildman–Crippen MR) is 62.6 cm³/mol. The Balaban J connectivity index is 1.81. The lowest BCUT2D eigenvalue weighted by Gasteiger charge is -2.04. The number of rotatable bonds is 5. The van der Waals surface area contributed by atoms with Crippen LogP contribution in [-0.2, 0) is 20.1 Å². The number of aryl methyl sites for hydroxylation is 1. The van der Waals surface area contributed by atoms with Gasteiger partial charge in [-0.15, -0.1) is 0 Å². The van der Waals surface area contributed by atoms with Crippen LogP contribution in [0.5, 0.6) is 5.75 Å². The number of hydrogen-bond acceptors (Lipinski definition) is 4. The highest BCUT2D eigenvalue weighted by Gasteiger charge is 1.98. The Labute approximate surface area is 99.7 Å². The van der Waals surface area contributed by atoms with Crippen LogP contribution >= 0.6 is 0 Å². The van der Waals surface area contributed by atoms with Gasteiger partial charge in [-0.25, -0.2) is 0 Å². The lowest BCUT2D eigenvalue weighted by atomic mass is 10.3. The molecule has 1 N–H and O–H groups in total. The number of nitrogens with zero attached hydrogens (tertiary/aromatic N) is 3. The van der Waals surface area contributed by atoms with E-state index in [9.17, 15) is 0 Å². The van der Waals surface area contributed by atoms with Crippen molar-refractivity contribution in [2.75, 3.05) is 6.61 Å². The smallest absolute Gasteiger partial charge is 0.137 e. The molecule has 5 heteroatoms. The summed E-state index contributed by atoms with van der Waals surface area (Å²) >= 11 is 0. The molecule has 0 bridgehead atoms. The highest BCUT2D eigenvalue weighted by Crippen LogP contribution is 2.09. The lowest BCUT2D eigenvalue weighted by Crippen LogP contribution is -2.01. The van der Waals surface area contributed by atoms with Crippen LogP contribution in [0.25, 0.3) is 0 Å². The van der Waals surface area contributed by atoms with Crippen molar-refractivity contribution >= 4 is 0 Å². The van der Waals surface area contributed by atoms with E-state index < -0.39 is 0 Å². The van der Waals surface area contributed by atoms with E-state index in [4.69, 9.17) is 9.84 Å². The molecule has 2 aromatic heterocycles. The van der Waals surface area contributed by atoms with Gasteiger partial charge in [0.15, 0.2) is 0 Å². The Bertz CT molecular complexity index is 465. The van der Waals surface area contributed by atoms with Crippen LogP contribution in [0.4, 0.5) is 0 Å². The van der Waals surface area contributed by atoms with Gasteiger partial charge in [-0.2, -0.15) is 5.10 Å². The molecule has 17 heavy (non-hydrogen) atoms. The summed E-state index contributed by atoms with van der Waals surface area (Å²) in [5.74, 6) is 0.714. The first-order chi connectivity index (χ1) is 8.28. The maximum Gasteiger partial charge on any atom is 0.137 e. The monoisotopic (exact) mass is 233 g/mol. The Morgan fingerprint density at radius 1 is 1.35 bits per heavy atom. The Hall–Kier alpha value is -1.88. The van der Waals surface area contributed by atoms with Crippen molar-refractivity contribution in [1.29, 1.82) is 0 Å². The zero-order valence-corrected chi connectivity index (χ0v) is 9.71. The van der Waals surface area contributed by atoms with E-state index in [0.29, 0.717) is 18.1 Å². The number of aliphatic hydroxyl groups is 1. The summed E-state index contributed by atoms with van der Waals surface area (Å²) in [7, 11) is 1.89. The van der Waals surface area contributed by atoms with E-state index >= 15 is 0 Å². The molecule has 0 aromatic carbocycles. The molecule has 0 radical (unpaired) electrons. The summed E-state index contributed by atoms with van der Waals surface area (Å²) < 4.78 is 7.31. The van der Waals surface area contributed by atoms with Crippen LogP contribution in [0, 0.1) is 0 Å². The molecule has 0 amide bonds. The van der Waals surface area contributed by atoms with Gasteiger partial charge in [0.25, 0.3) is 0 Å². The molecule has 0 saturated heterocycles. The molecule has 2 aromatic rings. The number of hydrogen-bond donors (Lipinski definition) is 1. The molecular weight excluding hydrogens is 218 g/mol. The Kier molecular flexibility index (Phi) is 3.72. The average Bonchev–Trinajstić information content (AvgIpc) is 2.76. The molecule has 0 atom stereocenters. The second kappa shape index (κ2) is 5.45. The van der Waals surface area contributed by atoms with Crippen molar-refractivity contribution in [2.24, 2.45) is 7.05 Å². The van der Waals surface area contributed by atoms with E-state index in [1.807, 2.05) is 25.5 Å². The summed E-state index contributed by atoms with van der Waals surface area (Å²) in [5, 5.41) is 12.9. The molecule has 0 spiro atoms. The first kappa shape index (κ1) is 11.6. The van der Waals surface area contributed by atoms with Gasteiger partial charge < -0.3 is 9.84 Å². The standard InChI is InChI=1S/C12H15N3O2/c1-15-8-10(6-14-15)4-5-17-12-3-2-11(9-16)13-7-12/h2-3,6-8,16H,4-5,9H2,1H3. The molecule has 2 rings (SSSR count). The molecule has 0 aliphatic rings. The van der Waals surface area contributed by atoms with Gasteiger partial charge in [-0.05, 0) is 17.7 Å². The van der Waals surface area contributed by atoms with Crippen LogP contribution in [0.15, 0.2) is 30.7 Å². The highest BCUT2D eigenvalue weighted by atomic mass is 16.5. The fraction of sp³-hybridized carbons (Fsp3) is 0.333. The summed E-state index contributed by atoms with van der Waals surface area (Å²) in [6, 6.07) is 3.56. The predicted octanol–water partition coefficient (Wildman–Crippen LogP) is 0.929. The number of aromatic nitrogens is 3. The molecule has 90 valence electrons. The zero-order chi connectivity index (χ0) is 12.1. The molecule has 0 saturated carbocycles. The summed E-state index contributed by atoms with van der Waals surface area (Å²) in [4.78, 5) is 4.04. The second-order valence-electron chi connectivity index (χ2n) is 3.76. The first-order valence-corrected chi connectivity index (χ1v) is 5.44. The third-order valence-electron chi connectivity index (χ3n) is 2.38. The van der Waals surface area contributed by atoms with Crippen molar-refractivity contribution < 1.29 is 9.84 Å². The van der Waals surface area contributed by atoms with Crippen molar-refractivity contribution in [3.63, 3.8) is 0 Å². The number of pyridine rings is 1. The van der Waals surface area contributed by atoms with E-state index in [-0.39, 0.29) is 6.61 Å². The Morgan fingerprint density at radius 2 is 2.24 bits per heavy atom. The quantitative estimate of drug-likeness (QED) is 0.834. The minimum Gasteiger partial charge on any atom is -0.492 e. The van der Waals surface area contributed by atoms with E-state index in [0.717, 1.165) is 12.0 Å². The fourth-order valence-corrected chi connectivity index (χ4v) is 1.48. The van der Waals surface area contributed by atoms with Gasteiger partial charge in [0, 0.05) is 19.7 Å². The van der Waals surface area contributed by atoms with Crippen LogP contribution in [0.1, 0.15) is 11.3 Å². The molecule has 0 aliphatic heterocycles. The van der Waals surface area contributed by atoms with E-state index in [1.54, 1.807) is 16.9 Å². The van der Waals surface area contributed by atoms with E-state index in [1.165, 1.54) is 0 Å². The average molecular weight is 233 g/mol. The lowest BCUT2D eigenvalue weighted by molar-refractivity contribution is 0.275. The normalized spacial score (nSPS) is 10.5. The minimum atomic E-state index is -0.0457. The van der Waals surface area contributed by atoms with Crippen LogP contribution in [0.3, 0.4) is 0 Å². The maximum absolute atomic E-state index is 8.84. The number of ether oxygens (including phenoxy) is 1. The maximum atomic E-state index is 8.84. The van der Waals surface area contributed by atoms with Gasteiger partial charge >= 0.3 is 0 Å². The van der Waals surface area contributed by atoms with Gasteiger partial charge in [0.1, 0.15) is 5.75 Å². The molecule has 2 heterocycles. The Morgan fingerprint density at radius 3 is 2.82 bits per heavy atom. The van der Waals surface area contributed by atoms with Gasteiger partial charge in [0.05, 0.1) is 31.3 Å². The minimum absolute atomic E-state index is 0.0457. The molecule has 0 aliphatic carbocycles. The number of aliphatic hydroxyl groups excluding tert-OH is 1. The third kappa shape index (κ3) is 3.29. The SMILES string of the molecule is Cn1cc(CCOc2ccc(CO)nc2)cn1. The van der Waals surface area contributed by atoms with Crippen LogP contribution in [-0.4, -0.2) is 26.5 Å². The summed E-state index contributed by atoms with van der Waals surface area (Å²) in [6.45, 7) is 0.543. The van der Waals surface area contributed by atoms with Crippen molar-refractivity contribution in [3.05, 3.63) is 42.0 Å². The van der Waals surface area contributed by atoms with Crippen LogP contribution in [0.2, 0.25) is 0 Å². The summed E-state index contributed by atoms with van der Waals surface area (Å²) in [6.07, 6.45) is 6.23. The van der Waals surface area contributed by atoms with Crippen LogP contribution < -0.4 is 4.74 Å². The topological polar surface area (TPSA) is 60.2 Å². The van der Waals surface area contributed by atoms with Gasteiger partial charge in [-0.3, -0.25) is 9.67 Å². The second-order valence-corrected chi connectivity index (χ2v) is 3.76. The molecular formula is C12H15N3O2. The van der Waals surface area contributed by atoms with Gasteiger partial charge in [-0.1, -0.05) is 0 Å². The largest absolute Gasteiger partial charge is 0.492 e. The van der Waals surface area contributed by atoms with Crippen molar-refractivity contribution in [2.45, 2.75) is 13.0 Å². The van der Waals surface area contributed by atoms with Crippen molar-refractivity contribution in [1.82, 2.24) is 14.8 Å². The summed E-state index contributed by atoms with van der Waals surface area (Å²) in [5.41, 5.74) is 1.79. The molecule has 5 nitrogen and oxygen atoms in total.